The predicted octanol–water partition coefficient (Wildman–Crippen LogP) is 4.30. The Morgan fingerprint density at radius 3 is 2.43 bits per heavy atom. The second-order valence-corrected chi connectivity index (χ2v) is 7.88. The summed E-state index contributed by atoms with van der Waals surface area (Å²) >= 11 is 0. The Morgan fingerprint density at radius 2 is 1.80 bits per heavy atom. The van der Waals surface area contributed by atoms with E-state index < -0.39 is 12.1 Å². The first-order chi connectivity index (χ1) is 14.5. The van der Waals surface area contributed by atoms with Gasteiger partial charge in [-0.25, -0.2) is 4.79 Å². The smallest absolute Gasteiger partial charge is 0.339 e. The molecule has 6 nitrogen and oxygen atoms in total. The molecule has 0 aromatic heterocycles. The first-order valence-corrected chi connectivity index (χ1v) is 10.3. The van der Waals surface area contributed by atoms with Crippen molar-refractivity contribution in [1.82, 2.24) is 5.32 Å². The van der Waals surface area contributed by atoms with Gasteiger partial charge >= 0.3 is 5.97 Å². The average molecular weight is 411 g/mol. The number of amides is 1. The van der Waals surface area contributed by atoms with Crippen LogP contribution >= 0.6 is 0 Å². The molecular formula is C24H29NO5. The van der Waals surface area contributed by atoms with Crippen LogP contribution in [0.3, 0.4) is 0 Å². The van der Waals surface area contributed by atoms with E-state index in [4.69, 9.17) is 14.2 Å². The van der Waals surface area contributed by atoms with Crippen molar-refractivity contribution in [3.05, 3.63) is 59.7 Å². The number of carbonyl (C=O) groups excluding carboxylic acids is 2. The van der Waals surface area contributed by atoms with Crippen LogP contribution in [0, 0.1) is 5.92 Å². The highest BCUT2D eigenvalue weighted by Gasteiger charge is 2.31. The Hall–Kier alpha value is -3.02. The zero-order valence-electron chi connectivity index (χ0n) is 17.7. The lowest BCUT2D eigenvalue weighted by Gasteiger charge is -2.18. The van der Waals surface area contributed by atoms with E-state index >= 15 is 0 Å². The summed E-state index contributed by atoms with van der Waals surface area (Å²) in [5.74, 6) is 0.647. The second-order valence-electron chi connectivity index (χ2n) is 7.88. The topological polar surface area (TPSA) is 73.9 Å². The fraction of sp³-hybridized carbons (Fsp3) is 0.417. The van der Waals surface area contributed by atoms with E-state index in [-0.39, 0.29) is 11.9 Å². The molecule has 1 aliphatic carbocycles. The summed E-state index contributed by atoms with van der Waals surface area (Å²) in [6.45, 7) is 4.82. The SMILES string of the molecule is COc1cc(C(=O)O[C@H](C(=O)NC2CC2)c2ccccc2)ccc1OCCC(C)C. The predicted molar refractivity (Wildman–Crippen MR) is 114 cm³/mol. The Labute approximate surface area is 177 Å². The number of nitrogens with one attached hydrogen (secondary N) is 1. The first-order valence-electron chi connectivity index (χ1n) is 10.3. The lowest BCUT2D eigenvalue weighted by Crippen LogP contribution is -2.33. The van der Waals surface area contributed by atoms with E-state index in [1.165, 1.54) is 7.11 Å². The molecule has 3 rings (SSSR count). The van der Waals surface area contributed by atoms with Crippen LogP contribution < -0.4 is 14.8 Å². The van der Waals surface area contributed by atoms with Crippen LogP contribution in [0.2, 0.25) is 0 Å². The highest BCUT2D eigenvalue weighted by molar-refractivity contribution is 5.93. The molecule has 0 spiro atoms. The van der Waals surface area contributed by atoms with Gasteiger partial charge in [0.2, 0.25) is 6.10 Å². The molecule has 1 N–H and O–H groups in total. The van der Waals surface area contributed by atoms with Crippen molar-refractivity contribution in [2.24, 2.45) is 5.92 Å². The second kappa shape index (κ2) is 10.1. The zero-order valence-corrected chi connectivity index (χ0v) is 17.7. The van der Waals surface area contributed by atoms with Gasteiger partial charge in [-0.3, -0.25) is 4.79 Å². The monoisotopic (exact) mass is 411 g/mol. The minimum atomic E-state index is -1.01. The number of rotatable bonds is 10. The fourth-order valence-corrected chi connectivity index (χ4v) is 2.90. The molecule has 1 atom stereocenters. The largest absolute Gasteiger partial charge is 0.493 e. The summed E-state index contributed by atoms with van der Waals surface area (Å²) in [5, 5.41) is 2.91. The normalized spacial score (nSPS) is 14.1. The number of hydrogen-bond acceptors (Lipinski definition) is 5. The highest BCUT2D eigenvalue weighted by Crippen LogP contribution is 2.30. The number of benzene rings is 2. The molecule has 160 valence electrons. The average Bonchev–Trinajstić information content (AvgIpc) is 3.56. The van der Waals surface area contributed by atoms with Crippen molar-refractivity contribution in [3.8, 4) is 11.5 Å². The molecule has 0 unspecified atom stereocenters. The molecule has 2 aromatic carbocycles. The Morgan fingerprint density at radius 1 is 1.07 bits per heavy atom. The quantitative estimate of drug-likeness (QED) is 0.590. The van der Waals surface area contributed by atoms with E-state index in [2.05, 4.69) is 19.2 Å². The lowest BCUT2D eigenvalue weighted by atomic mass is 10.1. The molecule has 30 heavy (non-hydrogen) atoms. The van der Waals surface area contributed by atoms with Crippen molar-refractivity contribution in [3.63, 3.8) is 0 Å². The van der Waals surface area contributed by atoms with Crippen molar-refractivity contribution in [1.29, 1.82) is 0 Å². The lowest BCUT2D eigenvalue weighted by molar-refractivity contribution is -0.130. The van der Waals surface area contributed by atoms with Crippen LogP contribution in [0.4, 0.5) is 0 Å². The van der Waals surface area contributed by atoms with Crippen LogP contribution in [0.25, 0.3) is 0 Å². The van der Waals surface area contributed by atoms with Crippen LogP contribution in [-0.4, -0.2) is 31.6 Å². The van der Waals surface area contributed by atoms with Crippen LogP contribution in [0.5, 0.6) is 11.5 Å². The number of esters is 1. The molecule has 1 saturated carbocycles. The molecular weight excluding hydrogens is 382 g/mol. The molecule has 1 aliphatic rings. The third kappa shape index (κ3) is 5.99. The van der Waals surface area contributed by atoms with E-state index in [1.807, 2.05) is 18.2 Å². The van der Waals surface area contributed by atoms with Crippen LogP contribution in [0.15, 0.2) is 48.5 Å². The Kier molecular flexibility index (Phi) is 7.33. The van der Waals surface area contributed by atoms with Gasteiger partial charge in [0.15, 0.2) is 11.5 Å². The molecule has 1 amide bonds. The number of carbonyl (C=O) groups is 2. The Bertz CT molecular complexity index is 861. The third-order valence-electron chi connectivity index (χ3n) is 4.84. The van der Waals surface area contributed by atoms with Crippen molar-refractivity contribution >= 4 is 11.9 Å². The van der Waals surface area contributed by atoms with Crippen LogP contribution in [0.1, 0.15) is 55.1 Å². The molecule has 1 fully saturated rings. The van der Waals surface area contributed by atoms with Gasteiger partial charge in [-0.15, -0.1) is 0 Å². The van der Waals surface area contributed by atoms with Gasteiger partial charge in [-0.1, -0.05) is 44.2 Å². The van der Waals surface area contributed by atoms with Crippen molar-refractivity contribution in [2.75, 3.05) is 13.7 Å². The van der Waals surface area contributed by atoms with Gasteiger partial charge < -0.3 is 19.5 Å². The maximum absolute atomic E-state index is 12.8. The summed E-state index contributed by atoms with van der Waals surface area (Å²) in [6.07, 6.45) is 1.82. The summed E-state index contributed by atoms with van der Waals surface area (Å²) in [6, 6.07) is 14.1. The van der Waals surface area contributed by atoms with Gasteiger partial charge in [0.25, 0.3) is 5.91 Å². The maximum Gasteiger partial charge on any atom is 0.339 e. The van der Waals surface area contributed by atoms with E-state index in [0.29, 0.717) is 35.2 Å². The third-order valence-corrected chi connectivity index (χ3v) is 4.84. The molecule has 2 aromatic rings. The molecule has 0 heterocycles. The molecule has 6 heteroatoms. The standard InChI is InChI=1S/C24H29NO5/c1-16(2)13-14-29-20-12-9-18(15-21(20)28-3)24(27)30-22(17-7-5-4-6-8-17)23(26)25-19-10-11-19/h4-9,12,15-16,19,22H,10-11,13-14H2,1-3H3,(H,25,26)/t22-/m0/s1. The summed E-state index contributed by atoms with van der Waals surface area (Å²) < 4.78 is 16.8. The summed E-state index contributed by atoms with van der Waals surface area (Å²) in [5.41, 5.74) is 0.924. The zero-order chi connectivity index (χ0) is 21.5. The van der Waals surface area contributed by atoms with Gasteiger partial charge in [-0.05, 0) is 43.4 Å². The van der Waals surface area contributed by atoms with Gasteiger partial charge in [0, 0.05) is 11.6 Å². The summed E-state index contributed by atoms with van der Waals surface area (Å²) in [7, 11) is 1.52. The van der Waals surface area contributed by atoms with E-state index in [9.17, 15) is 9.59 Å². The molecule has 0 aliphatic heterocycles. The molecule has 0 bridgehead atoms. The Balaban J connectivity index is 1.73. The molecule has 0 radical (unpaired) electrons. The number of hydrogen-bond donors (Lipinski definition) is 1. The van der Waals surface area contributed by atoms with Crippen LogP contribution in [-0.2, 0) is 9.53 Å². The minimum absolute atomic E-state index is 0.171. The van der Waals surface area contributed by atoms with Crippen molar-refractivity contribution < 1.29 is 23.8 Å². The number of ether oxygens (including phenoxy) is 3. The van der Waals surface area contributed by atoms with E-state index in [1.54, 1.807) is 30.3 Å². The first kappa shape index (κ1) is 21.7. The van der Waals surface area contributed by atoms with Gasteiger partial charge in [0.05, 0.1) is 19.3 Å². The molecule has 0 saturated heterocycles. The fourth-order valence-electron chi connectivity index (χ4n) is 2.90. The van der Waals surface area contributed by atoms with Gasteiger partial charge in [0.1, 0.15) is 0 Å². The minimum Gasteiger partial charge on any atom is -0.493 e. The summed E-state index contributed by atoms with van der Waals surface area (Å²) in [4.78, 5) is 25.5. The van der Waals surface area contributed by atoms with Crippen molar-refractivity contribution in [2.45, 2.75) is 45.3 Å². The van der Waals surface area contributed by atoms with E-state index in [0.717, 1.165) is 19.3 Å². The maximum atomic E-state index is 12.8. The van der Waals surface area contributed by atoms with Gasteiger partial charge in [-0.2, -0.15) is 0 Å². The highest BCUT2D eigenvalue weighted by atomic mass is 16.5. The number of methoxy groups -OCH3 is 1.